The Morgan fingerprint density at radius 2 is 1.76 bits per heavy atom. The summed E-state index contributed by atoms with van der Waals surface area (Å²) >= 11 is 0. The zero-order valence-corrected chi connectivity index (χ0v) is 11.7. The highest BCUT2D eigenvalue weighted by molar-refractivity contribution is 5.98. The summed E-state index contributed by atoms with van der Waals surface area (Å²) in [6.07, 6.45) is 0. The predicted octanol–water partition coefficient (Wildman–Crippen LogP) is 2.73. The molecule has 6 nitrogen and oxygen atoms in total. The second-order valence-corrected chi connectivity index (χ2v) is 4.30. The van der Waals surface area contributed by atoms with E-state index >= 15 is 0 Å². The number of carboxylic acid groups (broad SMARTS) is 1. The van der Waals surface area contributed by atoms with E-state index in [0.29, 0.717) is 28.6 Å². The maximum absolute atomic E-state index is 11.3. The van der Waals surface area contributed by atoms with E-state index in [4.69, 9.17) is 15.2 Å². The molecule has 0 saturated heterocycles. The fraction of sp³-hybridized carbons (Fsp3) is 0.133. The lowest BCUT2D eigenvalue weighted by Gasteiger charge is -2.14. The fourth-order valence-corrected chi connectivity index (χ4v) is 1.91. The molecule has 0 spiro atoms. The van der Waals surface area contributed by atoms with Crippen LogP contribution < -0.4 is 20.5 Å². The van der Waals surface area contributed by atoms with Crippen LogP contribution in [0.3, 0.4) is 0 Å². The quantitative estimate of drug-likeness (QED) is 0.732. The minimum Gasteiger partial charge on any atom is -0.497 e. The number of carbonyl (C=O) groups is 1. The van der Waals surface area contributed by atoms with Crippen LogP contribution in [0.15, 0.2) is 36.4 Å². The van der Waals surface area contributed by atoms with Gasteiger partial charge in [-0.05, 0) is 12.1 Å². The van der Waals surface area contributed by atoms with E-state index in [1.165, 1.54) is 20.3 Å². The summed E-state index contributed by atoms with van der Waals surface area (Å²) in [5.41, 5.74) is 7.25. The van der Waals surface area contributed by atoms with E-state index in [0.717, 1.165) is 0 Å². The van der Waals surface area contributed by atoms with Crippen LogP contribution in [0.2, 0.25) is 0 Å². The third-order valence-corrected chi connectivity index (χ3v) is 2.95. The molecular formula is C15H16N2O4. The van der Waals surface area contributed by atoms with Gasteiger partial charge in [0.1, 0.15) is 11.5 Å². The molecule has 0 saturated carbocycles. The number of aromatic carboxylic acids is 1. The molecule has 0 aliphatic rings. The van der Waals surface area contributed by atoms with Crippen molar-refractivity contribution in [1.82, 2.24) is 0 Å². The van der Waals surface area contributed by atoms with Gasteiger partial charge in [0.05, 0.1) is 31.2 Å². The Labute approximate surface area is 122 Å². The number of methoxy groups -OCH3 is 2. The largest absolute Gasteiger partial charge is 0.497 e. The summed E-state index contributed by atoms with van der Waals surface area (Å²) < 4.78 is 10.4. The van der Waals surface area contributed by atoms with Crippen LogP contribution in [0.25, 0.3) is 0 Å². The highest BCUT2D eigenvalue weighted by Gasteiger charge is 2.13. The van der Waals surface area contributed by atoms with Crippen LogP contribution >= 0.6 is 0 Å². The van der Waals surface area contributed by atoms with E-state index in [1.54, 1.807) is 30.3 Å². The van der Waals surface area contributed by atoms with E-state index < -0.39 is 5.97 Å². The summed E-state index contributed by atoms with van der Waals surface area (Å²) in [5.74, 6) is 0.117. The zero-order chi connectivity index (χ0) is 15.4. The zero-order valence-electron chi connectivity index (χ0n) is 11.7. The molecule has 110 valence electrons. The molecule has 0 fully saturated rings. The van der Waals surface area contributed by atoms with Crippen molar-refractivity contribution in [2.24, 2.45) is 0 Å². The molecule has 0 radical (unpaired) electrons. The predicted molar refractivity (Wildman–Crippen MR) is 80.6 cm³/mol. The monoisotopic (exact) mass is 288 g/mol. The smallest absolute Gasteiger partial charge is 0.337 e. The Morgan fingerprint density at radius 3 is 2.29 bits per heavy atom. The molecule has 2 aromatic rings. The molecule has 0 unspecified atom stereocenters. The summed E-state index contributed by atoms with van der Waals surface area (Å²) in [6.45, 7) is 0. The van der Waals surface area contributed by atoms with Crippen molar-refractivity contribution in [3.8, 4) is 11.5 Å². The maximum atomic E-state index is 11.3. The molecule has 0 heterocycles. The minimum atomic E-state index is -1.06. The maximum Gasteiger partial charge on any atom is 0.337 e. The van der Waals surface area contributed by atoms with Crippen LogP contribution in [0, 0.1) is 0 Å². The first kappa shape index (κ1) is 14.5. The highest BCUT2D eigenvalue weighted by atomic mass is 16.5. The molecule has 0 aliphatic heterocycles. The molecule has 0 aromatic heterocycles. The van der Waals surface area contributed by atoms with Gasteiger partial charge in [0.15, 0.2) is 0 Å². The average molecular weight is 288 g/mol. The first-order valence-corrected chi connectivity index (χ1v) is 6.17. The van der Waals surface area contributed by atoms with Gasteiger partial charge in [-0.15, -0.1) is 0 Å². The van der Waals surface area contributed by atoms with E-state index in [1.807, 2.05) is 0 Å². The summed E-state index contributed by atoms with van der Waals surface area (Å²) in [6, 6.07) is 9.87. The average Bonchev–Trinajstić information content (AvgIpc) is 2.48. The van der Waals surface area contributed by atoms with Gasteiger partial charge < -0.3 is 25.6 Å². The Hall–Kier alpha value is -2.89. The number of para-hydroxylation sites is 1. The molecular weight excluding hydrogens is 272 g/mol. The van der Waals surface area contributed by atoms with E-state index in [9.17, 15) is 9.90 Å². The lowest BCUT2D eigenvalue weighted by Crippen LogP contribution is -2.06. The van der Waals surface area contributed by atoms with Crippen LogP contribution in [-0.4, -0.2) is 25.3 Å². The molecule has 21 heavy (non-hydrogen) atoms. The van der Waals surface area contributed by atoms with Gasteiger partial charge >= 0.3 is 5.97 Å². The first-order chi connectivity index (χ1) is 10.0. The number of benzene rings is 2. The van der Waals surface area contributed by atoms with Gasteiger partial charge in [-0.3, -0.25) is 0 Å². The number of carboxylic acids is 1. The number of nitrogen functional groups attached to an aromatic ring is 1. The Morgan fingerprint density at radius 1 is 1.14 bits per heavy atom. The Kier molecular flexibility index (Phi) is 4.18. The van der Waals surface area contributed by atoms with Gasteiger partial charge in [-0.2, -0.15) is 0 Å². The number of rotatable bonds is 5. The van der Waals surface area contributed by atoms with Gasteiger partial charge in [0.25, 0.3) is 0 Å². The van der Waals surface area contributed by atoms with Gasteiger partial charge in [-0.25, -0.2) is 4.79 Å². The van der Waals surface area contributed by atoms with Crippen molar-refractivity contribution in [3.05, 3.63) is 42.0 Å². The molecule has 2 aromatic carbocycles. The molecule has 0 bridgehead atoms. The van der Waals surface area contributed by atoms with Gasteiger partial charge in [-0.1, -0.05) is 6.07 Å². The number of nitrogens with one attached hydrogen (secondary N) is 1. The van der Waals surface area contributed by atoms with Crippen molar-refractivity contribution in [2.45, 2.75) is 0 Å². The molecule has 0 aliphatic carbocycles. The summed E-state index contributed by atoms with van der Waals surface area (Å²) in [7, 11) is 3.08. The van der Waals surface area contributed by atoms with Crippen LogP contribution in [0.4, 0.5) is 17.1 Å². The second kappa shape index (κ2) is 6.04. The number of nitrogens with two attached hydrogens (primary N) is 1. The van der Waals surface area contributed by atoms with Crippen molar-refractivity contribution >= 4 is 23.0 Å². The van der Waals surface area contributed by atoms with Crippen molar-refractivity contribution < 1.29 is 19.4 Å². The molecule has 2 rings (SSSR count). The molecule has 6 heteroatoms. The Balaban J connectivity index is 2.45. The third-order valence-electron chi connectivity index (χ3n) is 2.95. The van der Waals surface area contributed by atoms with Gasteiger partial charge in [0.2, 0.25) is 0 Å². The molecule has 0 atom stereocenters. The van der Waals surface area contributed by atoms with Crippen LogP contribution in [0.1, 0.15) is 10.4 Å². The van der Waals surface area contributed by atoms with E-state index in [2.05, 4.69) is 5.32 Å². The normalized spacial score (nSPS) is 10.0. The number of ether oxygens (including phenoxy) is 2. The fourth-order valence-electron chi connectivity index (χ4n) is 1.91. The van der Waals surface area contributed by atoms with Crippen LogP contribution in [-0.2, 0) is 0 Å². The van der Waals surface area contributed by atoms with Crippen molar-refractivity contribution in [2.75, 3.05) is 25.3 Å². The molecule has 4 N–H and O–H groups in total. The topological polar surface area (TPSA) is 93.8 Å². The minimum absolute atomic E-state index is 0.0942. The van der Waals surface area contributed by atoms with Crippen LogP contribution in [0.5, 0.6) is 11.5 Å². The lowest BCUT2D eigenvalue weighted by molar-refractivity contribution is 0.0698. The van der Waals surface area contributed by atoms with Crippen molar-refractivity contribution in [1.29, 1.82) is 0 Å². The highest BCUT2D eigenvalue weighted by Crippen LogP contribution is 2.32. The Bertz CT molecular complexity index is 648. The first-order valence-electron chi connectivity index (χ1n) is 6.17. The van der Waals surface area contributed by atoms with E-state index in [-0.39, 0.29) is 5.56 Å². The standard InChI is InChI=1S/C15H16N2O4/c1-20-10-6-9(7-11(8-10)21-2)17-14-12(15(18)19)4-3-5-13(14)16/h3-8,17H,16H2,1-2H3,(H,18,19). The third kappa shape index (κ3) is 3.17. The SMILES string of the molecule is COc1cc(Nc2c(N)cccc2C(=O)O)cc(OC)c1. The van der Waals surface area contributed by atoms with Crippen molar-refractivity contribution in [3.63, 3.8) is 0 Å². The lowest BCUT2D eigenvalue weighted by atomic mass is 10.1. The molecule has 0 amide bonds. The van der Waals surface area contributed by atoms with Gasteiger partial charge in [0, 0.05) is 23.9 Å². The summed E-state index contributed by atoms with van der Waals surface area (Å²) in [5, 5.41) is 12.2. The summed E-state index contributed by atoms with van der Waals surface area (Å²) in [4.78, 5) is 11.3. The number of hydrogen-bond acceptors (Lipinski definition) is 5. The number of anilines is 3. The number of hydrogen-bond donors (Lipinski definition) is 3. The second-order valence-electron chi connectivity index (χ2n) is 4.30.